The zero-order valence-electron chi connectivity index (χ0n) is 12.5. The molecule has 0 radical (unpaired) electrons. The fourth-order valence-corrected chi connectivity index (χ4v) is 1.92. The molecule has 0 aliphatic heterocycles. The molecule has 112 valence electrons. The number of methoxy groups -OCH3 is 2. The smallest absolute Gasteiger partial charge is 0.219 e. The number of rotatable bonds is 6. The highest BCUT2D eigenvalue weighted by Gasteiger charge is 2.05. The zero-order valence-corrected chi connectivity index (χ0v) is 12.5. The van der Waals surface area contributed by atoms with Gasteiger partial charge in [-0.1, -0.05) is 6.07 Å². The second-order valence-corrected chi connectivity index (χ2v) is 4.84. The number of nitrogens with zero attached hydrogens (tertiary/aromatic N) is 1. The molecule has 1 aromatic carbocycles. The Bertz CT molecular complexity index is 560. The maximum Gasteiger partial charge on any atom is 0.219 e. The van der Waals surface area contributed by atoms with Gasteiger partial charge >= 0.3 is 0 Å². The fraction of sp³-hybridized carbons (Fsp3) is 0.312. The molecular formula is C16H20N2O3. The summed E-state index contributed by atoms with van der Waals surface area (Å²) in [5.41, 5.74) is 6.85. The Labute approximate surface area is 124 Å². The van der Waals surface area contributed by atoms with Crippen molar-refractivity contribution in [1.82, 2.24) is 4.98 Å². The average molecular weight is 288 g/mol. The minimum atomic E-state index is 0.112. The maximum atomic E-state index is 5.76. The van der Waals surface area contributed by atoms with Crippen LogP contribution in [0.1, 0.15) is 12.5 Å². The first-order valence-electron chi connectivity index (χ1n) is 6.72. The van der Waals surface area contributed by atoms with Crippen molar-refractivity contribution >= 4 is 0 Å². The standard InChI is InChI=1S/C16H20N2O3/c1-11(17)6-12-4-5-16(18-10-12)21-15-8-13(19-2)7-14(9-15)20-3/h4-5,7-11H,6,17H2,1-3H3. The van der Waals surface area contributed by atoms with Crippen molar-refractivity contribution in [2.75, 3.05) is 14.2 Å². The minimum Gasteiger partial charge on any atom is -0.496 e. The summed E-state index contributed by atoms with van der Waals surface area (Å²) in [6.45, 7) is 1.97. The van der Waals surface area contributed by atoms with Crippen LogP contribution in [0.4, 0.5) is 0 Å². The third-order valence-corrected chi connectivity index (χ3v) is 2.90. The lowest BCUT2D eigenvalue weighted by Gasteiger charge is -2.10. The lowest BCUT2D eigenvalue weighted by atomic mass is 10.1. The molecule has 2 aromatic rings. The van der Waals surface area contributed by atoms with Crippen molar-refractivity contribution in [3.63, 3.8) is 0 Å². The van der Waals surface area contributed by atoms with Crippen LogP contribution in [0.3, 0.4) is 0 Å². The molecule has 0 bridgehead atoms. The first-order valence-corrected chi connectivity index (χ1v) is 6.72. The highest BCUT2D eigenvalue weighted by atomic mass is 16.5. The van der Waals surface area contributed by atoms with Gasteiger partial charge in [-0.15, -0.1) is 0 Å². The van der Waals surface area contributed by atoms with Gasteiger partial charge in [-0.05, 0) is 18.9 Å². The second-order valence-electron chi connectivity index (χ2n) is 4.84. The molecule has 1 aromatic heterocycles. The predicted octanol–water partition coefficient (Wildman–Crippen LogP) is 2.78. The van der Waals surface area contributed by atoms with Crippen LogP contribution in [0.15, 0.2) is 36.5 Å². The third-order valence-electron chi connectivity index (χ3n) is 2.90. The molecule has 5 heteroatoms. The third kappa shape index (κ3) is 4.36. The van der Waals surface area contributed by atoms with E-state index < -0.39 is 0 Å². The van der Waals surface area contributed by atoms with E-state index in [0.717, 1.165) is 12.0 Å². The molecule has 0 aliphatic carbocycles. The quantitative estimate of drug-likeness (QED) is 0.885. The van der Waals surface area contributed by atoms with E-state index in [0.29, 0.717) is 23.1 Å². The van der Waals surface area contributed by atoms with Gasteiger partial charge in [0.2, 0.25) is 5.88 Å². The molecule has 1 unspecified atom stereocenters. The molecule has 0 amide bonds. The zero-order chi connectivity index (χ0) is 15.2. The summed E-state index contributed by atoms with van der Waals surface area (Å²) in [5.74, 6) is 2.45. The van der Waals surface area contributed by atoms with Crippen LogP contribution in [0.25, 0.3) is 0 Å². The van der Waals surface area contributed by atoms with Crippen LogP contribution >= 0.6 is 0 Å². The number of benzene rings is 1. The van der Waals surface area contributed by atoms with Gasteiger partial charge in [0.1, 0.15) is 17.2 Å². The van der Waals surface area contributed by atoms with E-state index in [-0.39, 0.29) is 6.04 Å². The van der Waals surface area contributed by atoms with Crippen LogP contribution < -0.4 is 19.9 Å². The van der Waals surface area contributed by atoms with Crippen molar-refractivity contribution in [2.24, 2.45) is 5.73 Å². The van der Waals surface area contributed by atoms with Gasteiger partial charge in [0.05, 0.1) is 14.2 Å². The molecule has 0 fully saturated rings. The lowest BCUT2D eigenvalue weighted by Crippen LogP contribution is -2.17. The van der Waals surface area contributed by atoms with Gasteiger partial charge < -0.3 is 19.9 Å². The van der Waals surface area contributed by atoms with Crippen LogP contribution in [0.2, 0.25) is 0 Å². The Hall–Kier alpha value is -2.27. The Kier molecular flexibility index (Phi) is 5.00. The number of pyridine rings is 1. The first-order chi connectivity index (χ1) is 10.1. The van der Waals surface area contributed by atoms with Gasteiger partial charge in [0.25, 0.3) is 0 Å². The van der Waals surface area contributed by atoms with Crippen molar-refractivity contribution in [2.45, 2.75) is 19.4 Å². The minimum absolute atomic E-state index is 0.112. The molecule has 2 N–H and O–H groups in total. The van der Waals surface area contributed by atoms with E-state index in [1.165, 1.54) is 0 Å². The number of nitrogens with two attached hydrogens (primary N) is 1. The molecule has 0 spiro atoms. The topological polar surface area (TPSA) is 66.6 Å². The van der Waals surface area contributed by atoms with Gasteiger partial charge in [-0.2, -0.15) is 0 Å². The van der Waals surface area contributed by atoms with Gasteiger partial charge in [0.15, 0.2) is 0 Å². The molecule has 21 heavy (non-hydrogen) atoms. The molecule has 2 rings (SSSR count). The summed E-state index contributed by atoms with van der Waals surface area (Å²) in [6.07, 6.45) is 2.57. The van der Waals surface area contributed by atoms with E-state index in [4.69, 9.17) is 19.9 Å². The Balaban J connectivity index is 2.14. The largest absolute Gasteiger partial charge is 0.496 e. The Morgan fingerprint density at radius 3 is 2.14 bits per heavy atom. The molecule has 1 heterocycles. The monoisotopic (exact) mass is 288 g/mol. The van der Waals surface area contributed by atoms with Gasteiger partial charge in [0, 0.05) is 36.5 Å². The van der Waals surface area contributed by atoms with E-state index in [1.807, 2.05) is 19.1 Å². The molecule has 5 nitrogen and oxygen atoms in total. The van der Waals surface area contributed by atoms with Crippen LogP contribution in [-0.2, 0) is 6.42 Å². The van der Waals surface area contributed by atoms with E-state index in [1.54, 1.807) is 38.6 Å². The van der Waals surface area contributed by atoms with Gasteiger partial charge in [-0.3, -0.25) is 0 Å². The SMILES string of the molecule is COc1cc(OC)cc(Oc2ccc(CC(C)N)cn2)c1. The first kappa shape index (κ1) is 15.1. The summed E-state index contributed by atoms with van der Waals surface area (Å²) < 4.78 is 16.1. The summed E-state index contributed by atoms with van der Waals surface area (Å²) in [7, 11) is 3.19. The van der Waals surface area contributed by atoms with Crippen LogP contribution in [0, 0.1) is 0 Å². The summed E-state index contributed by atoms with van der Waals surface area (Å²) in [6, 6.07) is 9.24. The summed E-state index contributed by atoms with van der Waals surface area (Å²) >= 11 is 0. The highest BCUT2D eigenvalue weighted by Crippen LogP contribution is 2.30. The normalized spacial score (nSPS) is 11.8. The van der Waals surface area contributed by atoms with Gasteiger partial charge in [-0.25, -0.2) is 4.98 Å². The second kappa shape index (κ2) is 6.95. The molecule has 0 saturated carbocycles. The number of ether oxygens (including phenoxy) is 3. The van der Waals surface area contributed by atoms with Crippen LogP contribution in [0.5, 0.6) is 23.1 Å². The molecule has 1 atom stereocenters. The van der Waals surface area contributed by atoms with Crippen molar-refractivity contribution < 1.29 is 14.2 Å². The van der Waals surface area contributed by atoms with E-state index in [2.05, 4.69) is 4.98 Å². The fourth-order valence-electron chi connectivity index (χ4n) is 1.92. The lowest BCUT2D eigenvalue weighted by molar-refractivity contribution is 0.385. The predicted molar refractivity (Wildman–Crippen MR) is 81.2 cm³/mol. The van der Waals surface area contributed by atoms with Crippen LogP contribution in [-0.4, -0.2) is 25.2 Å². The molecule has 0 saturated heterocycles. The average Bonchev–Trinajstić information content (AvgIpc) is 2.48. The van der Waals surface area contributed by atoms with Crippen molar-refractivity contribution in [1.29, 1.82) is 0 Å². The number of aromatic nitrogens is 1. The van der Waals surface area contributed by atoms with Crippen molar-refractivity contribution in [3.05, 3.63) is 42.1 Å². The van der Waals surface area contributed by atoms with E-state index in [9.17, 15) is 0 Å². The highest BCUT2D eigenvalue weighted by molar-refractivity contribution is 5.43. The Morgan fingerprint density at radius 2 is 1.67 bits per heavy atom. The number of hydrogen-bond acceptors (Lipinski definition) is 5. The number of hydrogen-bond donors (Lipinski definition) is 1. The molecule has 0 aliphatic rings. The van der Waals surface area contributed by atoms with E-state index >= 15 is 0 Å². The maximum absolute atomic E-state index is 5.76. The van der Waals surface area contributed by atoms with Crippen molar-refractivity contribution in [3.8, 4) is 23.1 Å². The Morgan fingerprint density at radius 1 is 1.05 bits per heavy atom. The summed E-state index contributed by atoms with van der Waals surface area (Å²) in [4.78, 5) is 4.28. The molecular weight excluding hydrogens is 268 g/mol. The summed E-state index contributed by atoms with van der Waals surface area (Å²) in [5, 5.41) is 0.